The molecule has 17 heavy (non-hydrogen) atoms. The van der Waals surface area contributed by atoms with Crippen LogP contribution in [0.5, 0.6) is 0 Å². The van der Waals surface area contributed by atoms with Crippen LogP contribution in [-0.2, 0) is 4.79 Å². The molecule has 0 heterocycles. The highest BCUT2D eigenvalue weighted by molar-refractivity contribution is 5.96. The second kappa shape index (κ2) is 5.38. The summed E-state index contributed by atoms with van der Waals surface area (Å²) in [6.45, 7) is 1.29. The summed E-state index contributed by atoms with van der Waals surface area (Å²) in [5, 5.41) is 10.8. The Morgan fingerprint density at radius 3 is 2.53 bits per heavy atom. The van der Waals surface area contributed by atoms with Crippen LogP contribution in [0.4, 0.5) is 8.78 Å². The van der Waals surface area contributed by atoms with E-state index in [1.807, 2.05) is 0 Å². The van der Waals surface area contributed by atoms with E-state index in [1.54, 1.807) is 0 Å². The second-order valence-electron chi connectivity index (χ2n) is 3.46. The van der Waals surface area contributed by atoms with E-state index in [9.17, 15) is 18.4 Å². The maximum absolute atomic E-state index is 12.4. The van der Waals surface area contributed by atoms with Gasteiger partial charge in [0.25, 0.3) is 12.3 Å². The number of carboxylic acid groups (broad SMARTS) is 1. The molecule has 92 valence electrons. The van der Waals surface area contributed by atoms with Crippen molar-refractivity contribution in [2.75, 3.05) is 0 Å². The molecule has 4 nitrogen and oxygen atoms in total. The molecule has 1 aromatic carbocycles. The number of aliphatic carboxylic acids is 1. The van der Waals surface area contributed by atoms with E-state index in [4.69, 9.17) is 5.11 Å². The van der Waals surface area contributed by atoms with Gasteiger partial charge in [-0.1, -0.05) is 12.1 Å². The molecule has 2 N–H and O–H groups in total. The fraction of sp³-hybridized carbons (Fsp3) is 0.273. The van der Waals surface area contributed by atoms with Crippen LogP contribution in [0.3, 0.4) is 0 Å². The molecule has 1 amide bonds. The molecule has 0 spiro atoms. The van der Waals surface area contributed by atoms with Gasteiger partial charge in [0.1, 0.15) is 6.04 Å². The number of halogens is 2. The molecule has 0 aliphatic carbocycles. The van der Waals surface area contributed by atoms with Crippen molar-refractivity contribution in [1.29, 1.82) is 0 Å². The van der Waals surface area contributed by atoms with Crippen LogP contribution < -0.4 is 5.32 Å². The first-order chi connectivity index (χ1) is 7.91. The first-order valence-electron chi connectivity index (χ1n) is 4.83. The van der Waals surface area contributed by atoms with Crippen LogP contribution >= 0.6 is 0 Å². The number of hydrogen-bond acceptors (Lipinski definition) is 2. The molecular weight excluding hydrogens is 232 g/mol. The Morgan fingerprint density at radius 2 is 2.00 bits per heavy atom. The number of nitrogens with one attached hydrogen (secondary N) is 1. The summed E-state index contributed by atoms with van der Waals surface area (Å²) in [5.74, 6) is -1.88. The number of carbonyl (C=O) groups is 2. The lowest BCUT2D eigenvalue weighted by molar-refractivity contribution is -0.138. The summed E-state index contributed by atoms with van der Waals surface area (Å²) in [6, 6.07) is 3.83. The highest BCUT2D eigenvalue weighted by atomic mass is 19.3. The quantitative estimate of drug-likeness (QED) is 0.847. The van der Waals surface area contributed by atoms with E-state index in [0.29, 0.717) is 0 Å². The summed E-state index contributed by atoms with van der Waals surface area (Å²) < 4.78 is 24.8. The third-order valence-electron chi connectivity index (χ3n) is 2.12. The first-order valence-corrected chi connectivity index (χ1v) is 4.83. The van der Waals surface area contributed by atoms with Gasteiger partial charge in [-0.2, -0.15) is 0 Å². The Balaban J connectivity index is 2.82. The molecule has 0 bridgehead atoms. The Morgan fingerprint density at radius 1 is 1.35 bits per heavy atom. The average Bonchev–Trinajstić information content (AvgIpc) is 2.28. The zero-order chi connectivity index (χ0) is 13.0. The molecule has 0 aliphatic heterocycles. The maximum Gasteiger partial charge on any atom is 0.325 e. The van der Waals surface area contributed by atoms with E-state index < -0.39 is 24.3 Å². The summed E-state index contributed by atoms with van der Waals surface area (Å²) in [7, 11) is 0. The van der Waals surface area contributed by atoms with Gasteiger partial charge in [-0.3, -0.25) is 9.59 Å². The number of hydrogen-bond donors (Lipinski definition) is 2. The highest BCUT2D eigenvalue weighted by Crippen LogP contribution is 2.19. The predicted molar refractivity (Wildman–Crippen MR) is 56.0 cm³/mol. The number of carbonyl (C=O) groups excluding carboxylic acids is 1. The zero-order valence-electron chi connectivity index (χ0n) is 8.98. The molecule has 0 radical (unpaired) electrons. The van der Waals surface area contributed by atoms with Gasteiger partial charge < -0.3 is 10.4 Å². The van der Waals surface area contributed by atoms with Crippen molar-refractivity contribution in [3.05, 3.63) is 35.4 Å². The van der Waals surface area contributed by atoms with Gasteiger partial charge in [-0.25, -0.2) is 8.78 Å². The summed E-state index contributed by atoms with van der Waals surface area (Å²) in [4.78, 5) is 22.0. The average molecular weight is 243 g/mol. The molecule has 0 aromatic heterocycles. The lowest BCUT2D eigenvalue weighted by Gasteiger charge is -2.09. The SMILES string of the molecule is C[C@@H](NC(=O)c1cccc(C(F)F)c1)C(=O)O. The van der Waals surface area contributed by atoms with E-state index in [1.165, 1.54) is 25.1 Å². The highest BCUT2D eigenvalue weighted by Gasteiger charge is 2.16. The Hall–Kier alpha value is -1.98. The van der Waals surface area contributed by atoms with Crippen LogP contribution in [0, 0.1) is 0 Å². The zero-order valence-corrected chi connectivity index (χ0v) is 8.98. The van der Waals surface area contributed by atoms with Gasteiger partial charge in [-0.15, -0.1) is 0 Å². The molecule has 0 saturated heterocycles. The number of alkyl halides is 2. The summed E-state index contributed by atoms with van der Waals surface area (Å²) in [6.07, 6.45) is -2.67. The van der Waals surface area contributed by atoms with Gasteiger partial charge in [0.05, 0.1) is 0 Å². The van der Waals surface area contributed by atoms with Crippen LogP contribution in [0.15, 0.2) is 24.3 Å². The second-order valence-corrected chi connectivity index (χ2v) is 3.46. The van der Waals surface area contributed by atoms with Gasteiger partial charge >= 0.3 is 5.97 Å². The molecule has 0 aliphatic rings. The normalized spacial score (nSPS) is 12.2. The molecule has 0 unspecified atom stereocenters. The number of carboxylic acids is 1. The fourth-order valence-corrected chi connectivity index (χ4v) is 1.16. The number of amides is 1. The minimum Gasteiger partial charge on any atom is -0.480 e. The maximum atomic E-state index is 12.4. The Bertz CT molecular complexity index is 434. The summed E-state index contributed by atoms with van der Waals surface area (Å²) in [5.41, 5.74) is -0.267. The van der Waals surface area contributed by atoms with Crippen LogP contribution in [0.1, 0.15) is 29.3 Å². The van der Waals surface area contributed by atoms with Crippen molar-refractivity contribution in [1.82, 2.24) is 5.32 Å². The smallest absolute Gasteiger partial charge is 0.325 e. The van der Waals surface area contributed by atoms with Crippen molar-refractivity contribution < 1.29 is 23.5 Å². The van der Waals surface area contributed by atoms with Gasteiger partial charge in [0.2, 0.25) is 0 Å². The number of rotatable bonds is 4. The van der Waals surface area contributed by atoms with Crippen molar-refractivity contribution in [2.24, 2.45) is 0 Å². The van der Waals surface area contributed by atoms with Crippen LogP contribution in [0.25, 0.3) is 0 Å². The Labute approximate surface area is 96.3 Å². The molecule has 1 atom stereocenters. The van der Waals surface area contributed by atoms with Gasteiger partial charge in [0, 0.05) is 11.1 Å². The van der Waals surface area contributed by atoms with E-state index in [0.717, 1.165) is 6.07 Å². The predicted octanol–water partition coefficient (Wildman–Crippen LogP) is 1.83. The van der Waals surface area contributed by atoms with E-state index >= 15 is 0 Å². The molecular formula is C11H11F2NO3. The topological polar surface area (TPSA) is 66.4 Å². The van der Waals surface area contributed by atoms with Crippen molar-refractivity contribution >= 4 is 11.9 Å². The first kappa shape index (κ1) is 13.1. The summed E-state index contributed by atoms with van der Waals surface area (Å²) >= 11 is 0. The van der Waals surface area contributed by atoms with Crippen molar-refractivity contribution in [2.45, 2.75) is 19.4 Å². The van der Waals surface area contributed by atoms with Crippen molar-refractivity contribution in [3.8, 4) is 0 Å². The van der Waals surface area contributed by atoms with Crippen LogP contribution in [-0.4, -0.2) is 23.0 Å². The minimum atomic E-state index is -2.67. The lowest BCUT2D eigenvalue weighted by atomic mass is 10.1. The Kier molecular flexibility index (Phi) is 4.14. The number of benzene rings is 1. The molecule has 0 saturated carbocycles. The fourth-order valence-electron chi connectivity index (χ4n) is 1.16. The molecule has 0 fully saturated rings. The van der Waals surface area contributed by atoms with Gasteiger partial charge in [0.15, 0.2) is 0 Å². The minimum absolute atomic E-state index is 0.0101. The van der Waals surface area contributed by atoms with Crippen LogP contribution in [0.2, 0.25) is 0 Å². The molecule has 1 aromatic rings. The third-order valence-corrected chi connectivity index (χ3v) is 2.12. The molecule has 6 heteroatoms. The largest absolute Gasteiger partial charge is 0.480 e. The molecule has 1 rings (SSSR count). The van der Waals surface area contributed by atoms with Crippen molar-refractivity contribution in [3.63, 3.8) is 0 Å². The van der Waals surface area contributed by atoms with E-state index in [-0.39, 0.29) is 11.1 Å². The third kappa shape index (κ3) is 3.51. The van der Waals surface area contributed by atoms with Gasteiger partial charge in [-0.05, 0) is 19.1 Å². The monoisotopic (exact) mass is 243 g/mol. The van der Waals surface area contributed by atoms with E-state index in [2.05, 4.69) is 5.32 Å². The standard InChI is InChI=1S/C11H11F2NO3/c1-6(11(16)17)14-10(15)8-4-2-3-7(5-8)9(12)13/h2-6,9H,1H3,(H,14,15)(H,16,17)/t6-/m1/s1. The lowest BCUT2D eigenvalue weighted by Crippen LogP contribution is -2.38.